The van der Waals surface area contributed by atoms with E-state index in [9.17, 15) is 8.42 Å². The number of fused-ring (bicyclic) bond motifs is 1. The molecular formula is C21H30N2O4S. The zero-order valence-corrected chi connectivity index (χ0v) is 17.5. The maximum absolute atomic E-state index is 11.9. The van der Waals surface area contributed by atoms with Crippen LogP contribution in [0.4, 0.5) is 0 Å². The summed E-state index contributed by atoms with van der Waals surface area (Å²) < 4.78 is 38.1. The number of sulfonamides is 1. The van der Waals surface area contributed by atoms with Gasteiger partial charge in [0.15, 0.2) is 0 Å². The Morgan fingerprint density at radius 2 is 2.14 bits per heavy atom. The number of nitrogens with one attached hydrogen (secondary N) is 1. The Morgan fingerprint density at radius 1 is 1.36 bits per heavy atom. The summed E-state index contributed by atoms with van der Waals surface area (Å²) in [6.07, 6.45) is 6.68. The molecule has 3 heterocycles. The number of benzene rings is 1. The maximum atomic E-state index is 11.9. The van der Waals surface area contributed by atoms with Gasteiger partial charge in [-0.25, -0.2) is 13.1 Å². The van der Waals surface area contributed by atoms with Crippen molar-refractivity contribution in [1.29, 1.82) is 0 Å². The van der Waals surface area contributed by atoms with E-state index in [-0.39, 0.29) is 23.4 Å². The summed E-state index contributed by atoms with van der Waals surface area (Å²) in [6.45, 7) is 4.97. The predicted molar refractivity (Wildman–Crippen MR) is 110 cm³/mol. The average Bonchev–Trinajstić information content (AvgIpc) is 3.35. The topological polar surface area (TPSA) is 67.9 Å². The van der Waals surface area contributed by atoms with Gasteiger partial charge in [0.25, 0.3) is 0 Å². The van der Waals surface area contributed by atoms with E-state index in [2.05, 4.69) is 21.8 Å². The van der Waals surface area contributed by atoms with Gasteiger partial charge in [-0.1, -0.05) is 24.3 Å². The number of ether oxygens (including phenoxy) is 2. The van der Waals surface area contributed by atoms with Crippen LogP contribution >= 0.6 is 0 Å². The first kappa shape index (κ1) is 19.9. The normalized spacial score (nSPS) is 32.3. The van der Waals surface area contributed by atoms with E-state index in [1.165, 1.54) is 0 Å². The van der Waals surface area contributed by atoms with Gasteiger partial charge in [0.2, 0.25) is 10.0 Å². The van der Waals surface area contributed by atoms with Crippen molar-refractivity contribution in [3.8, 4) is 5.75 Å². The Morgan fingerprint density at radius 3 is 2.86 bits per heavy atom. The number of hydrogen-bond acceptors (Lipinski definition) is 5. The van der Waals surface area contributed by atoms with Crippen LogP contribution in [-0.2, 0) is 14.8 Å². The first-order valence-electron chi connectivity index (χ1n) is 10.1. The van der Waals surface area contributed by atoms with E-state index in [4.69, 9.17) is 9.47 Å². The highest BCUT2D eigenvalue weighted by molar-refractivity contribution is 7.89. The van der Waals surface area contributed by atoms with Gasteiger partial charge in [0, 0.05) is 38.0 Å². The summed E-state index contributed by atoms with van der Waals surface area (Å²) in [4.78, 5) is 2.44. The first-order valence-corrected chi connectivity index (χ1v) is 11.8. The van der Waals surface area contributed by atoms with Crippen molar-refractivity contribution in [2.75, 3.05) is 39.0 Å². The minimum Gasteiger partial charge on any atom is -0.497 e. The largest absolute Gasteiger partial charge is 0.497 e. The van der Waals surface area contributed by atoms with Gasteiger partial charge in [-0.15, -0.1) is 0 Å². The van der Waals surface area contributed by atoms with Gasteiger partial charge < -0.3 is 9.47 Å². The molecule has 0 radical (unpaired) electrons. The minimum absolute atomic E-state index is 0.0685. The highest BCUT2D eigenvalue weighted by Gasteiger charge is 2.62. The molecule has 4 atom stereocenters. The second kappa shape index (κ2) is 7.78. The van der Waals surface area contributed by atoms with Crippen LogP contribution in [0.25, 0.3) is 6.08 Å². The number of likely N-dealkylation sites (tertiary alicyclic amines) is 1. The van der Waals surface area contributed by atoms with Gasteiger partial charge in [-0.05, 0) is 37.5 Å². The molecule has 4 rings (SSSR count). The molecule has 1 aromatic rings. The third-order valence-corrected chi connectivity index (χ3v) is 7.93. The van der Waals surface area contributed by atoms with Crippen molar-refractivity contribution in [2.24, 2.45) is 11.8 Å². The van der Waals surface area contributed by atoms with Crippen LogP contribution in [0.2, 0.25) is 0 Å². The highest BCUT2D eigenvalue weighted by atomic mass is 32.2. The molecule has 3 aliphatic heterocycles. The van der Waals surface area contributed by atoms with Crippen molar-refractivity contribution in [1.82, 2.24) is 9.62 Å². The molecule has 0 aromatic heterocycles. The van der Waals surface area contributed by atoms with Crippen LogP contribution in [0.3, 0.4) is 0 Å². The fourth-order valence-corrected chi connectivity index (χ4v) is 5.73. The average molecular weight is 407 g/mol. The molecule has 1 spiro atoms. The summed E-state index contributed by atoms with van der Waals surface area (Å²) >= 11 is 0. The Hall–Kier alpha value is -1.41. The lowest BCUT2D eigenvalue weighted by Gasteiger charge is -2.29. The second-order valence-corrected chi connectivity index (χ2v) is 10.2. The summed E-state index contributed by atoms with van der Waals surface area (Å²) in [7, 11) is -1.49. The van der Waals surface area contributed by atoms with E-state index >= 15 is 0 Å². The summed E-state index contributed by atoms with van der Waals surface area (Å²) in [5.74, 6) is 1.69. The molecule has 0 saturated carbocycles. The Balaban J connectivity index is 1.35. The molecule has 1 N–H and O–H groups in total. The third kappa shape index (κ3) is 3.85. The van der Waals surface area contributed by atoms with Crippen LogP contribution in [0.15, 0.2) is 30.3 Å². The molecule has 6 nitrogen and oxygen atoms in total. The van der Waals surface area contributed by atoms with E-state index in [0.29, 0.717) is 12.5 Å². The molecule has 2 bridgehead atoms. The molecule has 28 heavy (non-hydrogen) atoms. The molecule has 154 valence electrons. The quantitative estimate of drug-likeness (QED) is 0.716. The Labute approximate surface area is 167 Å². The SMILES string of the molecule is CCS(=O)(=O)NC[C@H]1[C@H]2CN(C/C=C/c3ccc(OC)cc3)C[C@]23CC[C@H]1O3. The standard InChI is InChI=1S/C21H30N2O4S/c1-3-28(24,25)22-13-18-19-14-23(15-21(19)11-10-20(18)27-21)12-4-5-16-6-8-17(26-2)9-7-16/h4-9,18-20,22H,3,10-15H2,1-2H3/b5-4+/t18-,19+,20+,21+/m0/s1. The van der Waals surface area contributed by atoms with Crippen molar-refractivity contribution in [3.63, 3.8) is 0 Å². The van der Waals surface area contributed by atoms with Crippen LogP contribution in [0.1, 0.15) is 25.3 Å². The highest BCUT2D eigenvalue weighted by Crippen LogP contribution is 2.54. The van der Waals surface area contributed by atoms with Crippen molar-refractivity contribution < 1.29 is 17.9 Å². The van der Waals surface area contributed by atoms with Gasteiger partial charge >= 0.3 is 0 Å². The van der Waals surface area contributed by atoms with E-state index in [1.807, 2.05) is 24.3 Å². The van der Waals surface area contributed by atoms with E-state index < -0.39 is 10.0 Å². The molecule has 3 aliphatic rings. The van der Waals surface area contributed by atoms with E-state index in [1.54, 1.807) is 14.0 Å². The first-order chi connectivity index (χ1) is 13.4. The molecule has 3 saturated heterocycles. The second-order valence-electron chi connectivity index (χ2n) is 8.15. The number of methoxy groups -OCH3 is 1. The summed E-state index contributed by atoms with van der Waals surface area (Å²) in [5, 5.41) is 0. The predicted octanol–water partition coefficient (Wildman–Crippen LogP) is 2.13. The monoisotopic (exact) mass is 406 g/mol. The smallest absolute Gasteiger partial charge is 0.211 e. The van der Waals surface area contributed by atoms with Crippen molar-refractivity contribution in [3.05, 3.63) is 35.9 Å². The lowest BCUT2D eigenvalue weighted by atomic mass is 9.74. The zero-order chi connectivity index (χ0) is 19.8. The number of nitrogens with zero attached hydrogens (tertiary/aromatic N) is 1. The molecule has 3 fully saturated rings. The third-order valence-electron chi connectivity index (χ3n) is 6.56. The summed E-state index contributed by atoms with van der Waals surface area (Å²) in [6, 6.07) is 8.03. The zero-order valence-electron chi connectivity index (χ0n) is 16.6. The summed E-state index contributed by atoms with van der Waals surface area (Å²) in [5.41, 5.74) is 1.09. The lowest BCUT2D eigenvalue weighted by Crippen LogP contribution is -2.42. The van der Waals surface area contributed by atoms with Crippen LogP contribution in [-0.4, -0.2) is 64.1 Å². The molecule has 0 unspecified atom stereocenters. The maximum Gasteiger partial charge on any atom is 0.211 e. The van der Waals surface area contributed by atoms with Gasteiger partial charge in [0.05, 0.1) is 24.6 Å². The van der Waals surface area contributed by atoms with Crippen molar-refractivity contribution >= 4 is 16.1 Å². The molecule has 0 aliphatic carbocycles. The lowest BCUT2D eigenvalue weighted by molar-refractivity contribution is 0.00373. The fraction of sp³-hybridized carbons (Fsp3) is 0.619. The van der Waals surface area contributed by atoms with Crippen molar-refractivity contribution in [2.45, 2.75) is 31.5 Å². The van der Waals surface area contributed by atoms with Gasteiger partial charge in [0.1, 0.15) is 5.75 Å². The Kier molecular flexibility index (Phi) is 5.53. The Bertz CT molecular complexity index is 823. The molecular weight excluding hydrogens is 376 g/mol. The molecule has 1 aromatic carbocycles. The van der Waals surface area contributed by atoms with Gasteiger partial charge in [-0.2, -0.15) is 0 Å². The molecule has 0 amide bonds. The minimum atomic E-state index is -3.16. The molecule has 7 heteroatoms. The van der Waals surface area contributed by atoms with Gasteiger partial charge in [-0.3, -0.25) is 4.90 Å². The number of hydrogen-bond donors (Lipinski definition) is 1. The van der Waals surface area contributed by atoms with Crippen LogP contribution in [0.5, 0.6) is 5.75 Å². The number of rotatable bonds is 8. The van der Waals surface area contributed by atoms with Crippen LogP contribution < -0.4 is 9.46 Å². The van der Waals surface area contributed by atoms with E-state index in [0.717, 1.165) is 43.8 Å². The van der Waals surface area contributed by atoms with Crippen LogP contribution in [0, 0.1) is 11.8 Å². The fourth-order valence-electron chi connectivity index (χ4n) is 5.08.